The van der Waals surface area contributed by atoms with Gasteiger partial charge in [0.25, 0.3) is 11.5 Å². The third kappa shape index (κ3) is 4.48. The Hall–Kier alpha value is -4.18. The molecule has 0 unspecified atom stereocenters. The van der Waals surface area contributed by atoms with Gasteiger partial charge in [-0.05, 0) is 67.5 Å². The number of carbonyl (C=O) groups excluding carboxylic acids is 2. The summed E-state index contributed by atoms with van der Waals surface area (Å²) < 4.78 is 5.34. The molecule has 0 saturated heterocycles. The van der Waals surface area contributed by atoms with Crippen molar-refractivity contribution < 1.29 is 14.3 Å². The quantitative estimate of drug-likeness (QED) is 0.590. The van der Waals surface area contributed by atoms with Crippen molar-refractivity contribution in [1.29, 1.82) is 5.26 Å². The lowest BCUT2D eigenvalue weighted by Gasteiger charge is -2.24. The van der Waals surface area contributed by atoms with Crippen LogP contribution < -0.4 is 10.5 Å². The molecule has 1 N–H and O–H groups in total. The number of aryl methyl sites for hydroxylation is 3. The average Bonchev–Trinajstić information content (AvgIpc) is 2.99. The third-order valence-electron chi connectivity index (χ3n) is 6.23. The number of fused-ring (bicyclic) bond motifs is 2. The number of nitrogens with one attached hydrogen (secondary N) is 1. The molecule has 1 aliphatic rings. The number of carbonyl (C=O) groups is 2. The number of rotatable bonds is 5. The van der Waals surface area contributed by atoms with Crippen molar-refractivity contribution >= 4 is 23.3 Å². The standard InChI is InChI=1S/C27H25N3O4/c1-17-21(18(2)29-27(33)22(17)15-28)13-14-26(32)34-16-25(31)30-23-9-5-3-7-19(23)11-12-20-8-4-6-10-24(20)30/h3-10H,11-14,16H2,1-2H3,(H,29,33). The highest BCUT2D eigenvalue weighted by Gasteiger charge is 2.26. The van der Waals surface area contributed by atoms with E-state index in [9.17, 15) is 19.6 Å². The van der Waals surface area contributed by atoms with Crippen molar-refractivity contribution in [2.45, 2.75) is 39.5 Å². The zero-order valence-electron chi connectivity index (χ0n) is 19.2. The Balaban J connectivity index is 1.47. The average molecular weight is 456 g/mol. The van der Waals surface area contributed by atoms with Crippen LogP contribution >= 0.6 is 0 Å². The lowest BCUT2D eigenvalue weighted by Crippen LogP contribution is -2.31. The Kier molecular flexibility index (Phi) is 6.60. The van der Waals surface area contributed by atoms with Crippen LogP contribution in [0.3, 0.4) is 0 Å². The molecule has 7 heteroatoms. The number of amides is 1. The van der Waals surface area contributed by atoms with Gasteiger partial charge in [0, 0.05) is 12.1 Å². The molecular formula is C27H25N3O4. The molecule has 4 rings (SSSR count). The van der Waals surface area contributed by atoms with E-state index in [2.05, 4.69) is 4.98 Å². The summed E-state index contributed by atoms with van der Waals surface area (Å²) in [6, 6.07) is 17.4. The molecule has 172 valence electrons. The van der Waals surface area contributed by atoms with Crippen LogP contribution in [0.1, 0.15) is 39.9 Å². The van der Waals surface area contributed by atoms with Gasteiger partial charge in [-0.1, -0.05) is 36.4 Å². The normalized spacial score (nSPS) is 12.2. The van der Waals surface area contributed by atoms with E-state index in [1.807, 2.05) is 54.6 Å². The van der Waals surface area contributed by atoms with Crippen LogP contribution in [0.2, 0.25) is 0 Å². The molecule has 7 nitrogen and oxygen atoms in total. The third-order valence-corrected chi connectivity index (χ3v) is 6.23. The molecule has 0 atom stereocenters. The summed E-state index contributed by atoms with van der Waals surface area (Å²) in [4.78, 5) is 41.9. The topological polar surface area (TPSA) is 103 Å². The second kappa shape index (κ2) is 9.75. The van der Waals surface area contributed by atoms with E-state index in [1.54, 1.807) is 18.7 Å². The number of aromatic nitrogens is 1. The van der Waals surface area contributed by atoms with Gasteiger partial charge >= 0.3 is 5.97 Å². The fraction of sp³-hybridized carbons (Fsp3) is 0.259. The number of H-pyrrole nitrogens is 1. The highest BCUT2D eigenvalue weighted by atomic mass is 16.5. The van der Waals surface area contributed by atoms with E-state index in [1.165, 1.54) is 0 Å². The number of pyridine rings is 1. The molecule has 3 aromatic rings. The van der Waals surface area contributed by atoms with Crippen molar-refractivity contribution in [3.8, 4) is 6.07 Å². The maximum Gasteiger partial charge on any atom is 0.306 e. The minimum atomic E-state index is -0.520. The minimum Gasteiger partial charge on any atom is -0.456 e. The van der Waals surface area contributed by atoms with Crippen molar-refractivity contribution in [3.63, 3.8) is 0 Å². The molecule has 1 aromatic heterocycles. The van der Waals surface area contributed by atoms with Gasteiger partial charge in [0.1, 0.15) is 11.6 Å². The van der Waals surface area contributed by atoms with Crippen molar-refractivity contribution in [2.24, 2.45) is 0 Å². The molecule has 0 saturated carbocycles. The number of nitriles is 1. The predicted octanol–water partition coefficient (Wildman–Crippen LogP) is 3.80. The lowest BCUT2D eigenvalue weighted by molar-refractivity contribution is -0.147. The fourth-order valence-electron chi connectivity index (χ4n) is 4.47. The second-order valence-corrected chi connectivity index (χ2v) is 8.32. The summed E-state index contributed by atoms with van der Waals surface area (Å²) in [5, 5.41) is 9.22. The Bertz CT molecular complexity index is 1320. The summed E-state index contributed by atoms with van der Waals surface area (Å²) in [6.45, 7) is 3.04. The second-order valence-electron chi connectivity index (χ2n) is 8.32. The number of para-hydroxylation sites is 2. The SMILES string of the molecule is Cc1[nH]c(=O)c(C#N)c(C)c1CCC(=O)OCC(=O)N1c2ccccc2CCc2ccccc21. The van der Waals surface area contributed by atoms with E-state index in [0.717, 1.165) is 40.9 Å². The largest absolute Gasteiger partial charge is 0.456 e. The molecule has 1 aliphatic heterocycles. The summed E-state index contributed by atoms with van der Waals surface area (Å²) >= 11 is 0. The number of nitrogens with zero attached hydrogens (tertiary/aromatic N) is 2. The molecule has 2 aromatic carbocycles. The summed E-state index contributed by atoms with van der Waals surface area (Å²) in [6.07, 6.45) is 1.96. The minimum absolute atomic E-state index is 0.0268. The summed E-state index contributed by atoms with van der Waals surface area (Å²) in [7, 11) is 0. The van der Waals surface area contributed by atoms with Crippen LogP contribution in [-0.4, -0.2) is 23.5 Å². The number of anilines is 2. The first-order chi connectivity index (χ1) is 16.4. The van der Waals surface area contributed by atoms with Crippen LogP contribution in [0.15, 0.2) is 53.3 Å². The van der Waals surface area contributed by atoms with Crippen LogP contribution in [-0.2, 0) is 33.6 Å². The van der Waals surface area contributed by atoms with E-state index in [-0.39, 0.29) is 24.5 Å². The van der Waals surface area contributed by atoms with Gasteiger partial charge in [0.15, 0.2) is 6.61 Å². The molecular weight excluding hydrogens is 430 g/mol. The van der Waals surface area contributed by atoms with Crippen LogP contribution in [0.5, 0.6) is 0 Å². The predicted molar refractivity (Wildman–Crippen MR) is 128 cm³/mol. The molecule has 0 aliphatic carbocycles. The monoisotopic (exact) mass is 455 g/mol. The van der Waals surface area contributed by atoms with Gasteiger partial charge in [-0.25, -0.2) is 0 Å². The first kappa shape index (κ1) is 23.0. The smallest absolute Gasteiger partial charge is 0.306 e. The lowest BCUT2D eigenvalue weighted by atomic mass is 9.99. The zero-order valence-corrected chi connectivity index (χ0v) is 19.2. The molecule has 34 heavy (non-hydrogen) atoms. The maximum absolute atomic E-state index is 13.3. The molecule has 2 heterocycles. The first-order valence-electron chi connectivity index (χ1n) is 11.2. The zero-order chi connectivity index (χ0) is 24.2. The van der Waals surface area contributed by atoms with Gasteiger partial charge in [-0.3, -0.25) is 19.3 Å². The fourth-order valence-corrected chi connectivity index (χ4v) is 4.47. The maximum atomic E-state index is 13.3. The number of ether oxygens (including phenoxy) is 1. The Morgan fingerprint density at radius 2 is 1.62 bits per heavy atom. The number of aromatic amines is 1. The van der Waals surface area contributed by atoms with Gasteiger partial charge in [-0.15, -0.1) is 0 Å². The summed E-state index contributed by atoms with van der Waals surface area (Å²) in [5.74, 6) is -0.841. The van der Waals surface area contributed by atoms with Gasteiger partial charge in [0.2, 0.25) is 0 Å². The molecule has 0 fully saturated rings. The Labute approximate surface area is 197 Å². The van der Waals surface area contributed by atoms with Crippen molar-refractivity contribution in [2.75, 3.05) is 11.5 Å². The summed E-state index contributed by atoms with van der Waals surface area (Å²) in [5.41, 5.74) is 5.25. The van der Waals surface area contributed by atoms with E-state index in [0.29, 0.717) is 17.7 Å². The number of hydrogen-bond donors (Lipinski definition) is 1. The van der Waals surface area contributed by atoms with Gasteiger partial charge in [0.05, 0.1) is 11.4 Å². The van der Waals surface area contributed by atoms with Crippen LogP contribution in [0.4, 0.5) is 11.4 Å². The Morgan fingerprint density at radius 1 is 1.03 bits per heavy atom. The Morgan fingerprint density at radius 3 is 2.21 bits per heavy atom. The van der Waals surface area contributed by atoms with E-state index >= 15 is 0 Å². The van der Waals surface area contributed by atoms with Gasteiger partial charge in [-0.2, -0.15) is 5.26 Å². The highest BCUT2D eigenvalue weighted by molar-refractivity contribution is 6.03. The highest BCUT2D eigenvalue weighted by Crippen LogP contribution is 2.36. The van der Waals surface area contributed by atoms with Gasteiger partial charge < -0.3 is 9.72 Å². The molecule has 0 radical (unpaired) electrons. The molecule has 0 spiro atoms. The van der Waals surface area contributed by atoms with Crippen molar-refractivity contribution in [3.05, 3.63) is 92.4 Å². The van der Waals surface area contributed by atoms with Crippen molar-refractivity contribution in [1.82, 2.24) is 4.98 Å². The van der Waals surface area contributed by atoms with E-state index < -0.39 is 11.5 Å². The number of benzene rings is 2. The van der Waals surface area contributed by atoms with Crippen LogP contribution in [0.25, 0.3) is 0 Å². The number of hydrogen-bond acceptors (Lipinski definition) is 5. The first-order valence-corrected chi connectivity index (χ1v) is 11.2. The van der Waals surface area contributed by atoms with Crippen LogP contribution in [0, 0.1) is 25.2 Å². The number of esters is 1. The molecule has 1 amide bonds. The van der Waals surface area contributed by atoms with E-state index in [4.69, 9.17) is 4.74 Å². The molecule has 0 bridgehead atoms.